The van der Waals surface area contributed by atoms with Crippen LogP contribution in [0.4, 0.5) is 5.13 Å². The minimum absolute atomic E-state index is 0.317. The Kier molecular flexibility index (Phi) is 3.91. The van der Waals surface area contributed by atoms with Crippen molar-refractivity contribution in [3.63, 3.8) is 0 Å². The van der Waals surface area contributed by atoms with Gasteiger partial charge in [0.25, 0.3) is 5.91 Å². The maximum Gasteiger partial charge on any atom is 0.345 e. The molecule has 0 spiro atoms. The molecule has 4 aromatic heterocycles. The molecular formula is C19H12N6O3S. The van der Waals surface area contributed by atoms with Gasteiger partial charge in [-0.2, -0.15) is 4.52 Å². The monoisotopic (exact) mass is 404 g/mol. The van der Waals surface area contributed by atoms with Gasteiger partial charge in [-0.05, 0) is 41.6 Å². The molecule has 0 unspecified atom stereocenters. The first-order valence-corrected chi connectivity index (χ1v) is 9.40. The number of anilines is 1. The van der Waals surface area contributed by atoms with Crippen molar-refractivity contribution in [2.45, 2.75) is 6.92 Å². The number of thiazole rings is 1. The molecule has 5 aromatic rings. The van der Waals surface area contributed by atoms with Crippen molar-refractivity contribution >= 4 is 39.0 Å². The molecule has 0 saturated carbocycles. The molecule has 4 heterocycles. The van der Waals surface area contributed by atoms with Crippen molar-refractivity contribution in [1.82, 2.24) is 25.0 Å². The van der Waals surface area contributed by atoms with E-state index in [1.54, 1.807) is 36.5 Å². The zero-order valence-electron chi connectivity index (χ0n) is 15.0. The number of aromatic nitrogens is 5. The lowest BCUT2D eigenvalue weighted by Crippen LogP contribution is -2.13. The Morgan fingerprint density at radius 1 is 1.21 bits per heavy atom. The van der Waals surface area contributed by atoms with Gasteiger partial charge in [0, 0.05) is 16.5 Å². The van der Waals surface area contributed by atoms with Crippen molar-refractivity contribution in [2.75, 3.05) is 5.32 Å². The number of fused-ring (bicyclic) bond motifs is 2. The second-order valence-electron chi connectivity index (χ2n) is 6.23. The second kappa shape index (κ2) is 6.60. The standard InChI is InChI=1S/C19H12N6O3S/c1-10-15(13-9-11-5-2-3-7-14(11)28-18(13)27)20-19(29-10)21-17(26)12-6-4-8-25-16(12)22-23-24-25/h2-9H,1H3,(H,20,21,26). The fraction of sp³-hybridized carbons (Fsp3) is 0.0526. The van der Waals surface area contributed by atoms with Crippen LogP contribution in [0.15, 0.2) is 57.9 Å². The van der Waals surface area contributed by atoms with Crippen molar-refractivity contribution in [1.29, 1.82) is 0 Å². The zero-order valence-corrected chi connectivity index (χ0v) is 15.8. The number of nitrogens with one attached hydrogen (secondary N) is 1. The van der Waals surface area contributed by atoms with E-state index >= 15 is 0 Å². The number of benzene rings is 1. The molecule has 0 aliphatic rings. The molecule has 1 amide bonds. The minimum Gasteiger partial charge on any atom is -0.422 e. The van der Waals surface area contributed by atoms with Gasteiger partial charge in [-0.25, -0.2) is 9.78 Å². The normalized spacial score (nSPS) is 11.2. The van der Waals surface area contributed by atoms with Crippen LogP contribution in [0.3, 0.4) is 0 Å². The molecule has 1 N–H and O–H groups in total. The number of carbonyl (C=O) groups is 1. The van der Waals surface area contributed by atoms with Gasteiger partial charge >= 0.3 is 5.63 Å². The first-order chi connectivity index (χ1) is 14.1. The average molecular weight is 404 g/mol. The predicted molar refractivity (Wildman–Crippen MR) is 107 cm³/mol. The van der Waals surface area contributed by atoms with Crippen LogP contribution in [0.25, 0.3) is 27.9 Å². The molecule has 142 valence electrons. The molecule has 0 aliphatic carbocycles. The highest BCUT2D eigenvalue weighted by Gasteiger charge is 2.18. The number of para-hydroxylation sites is 1. The third kappa shape index (κ3) is 2.95. The summed E-state index contributed by atoms with van der Waals surface area (Å²) in [7, 11) is 0. The molecule has 0 saturated heterocycles. The molecule has 9 nitrogen and oxygen atoms in total. The van der Waals surface area contributed by atoms with Crippen LogP contribution in [0.5, 0.6) is 0 Å². The van der Waals surface area contributed by atoms with Crippen LogP contribution in [0, 0.1) is 6.92 Å². The Balaban J connectivity index is 1.51. The van der Waals surface area contributed by atoms with Crippen molar-refractivity contribution in [2.24, 2.45) is 0 Å². The maximum absolute atomic E-state index is 12.7. The Morgan fingerprint density at radius 3 is 2.97 bits per heavy atom. The summed E-state index contributed by atoms with van der Waals surface area (Å²) in [4.78, 5) is 30.4. The Labute approximate surface area is 166 Å². The highest BCUT2D eigenvalue weighted by Crippen LogP contribution is 2.30. The summed E-state index contributed by atoms with van der Waals surface area (Å²) >= 11 is 1.27. The Hall–Kier alpha value is -3.92. The van der Waals surface area contributed by atoms with E-state index in [1.807, 2.05) is 19.1 Å². The van der Waals surface area contributed by atoms with Gasteiger partial charge in [-0.15, -0.1) is 16.4 Å². The zero-order chi connectivity index (χ0) is 20.0. The predicted octanol–water partition coefficient (Wildman–Crippen LogP) is 2.91. The van der Waals surface area contributed by atoms with Gasteiger partial charge in [0.1, 0.15) is 5.58 Å². The third-order valence-corrected chi connectivity index (χ3v) is 5.27. The summed E-state index contributed by atoms with van der Waals surface area (Å²) in [5, 5.41) is 15.1. The van der Waals surface area contributed by atoms with E-state index in [1.165, 1.54) is 15.9 Å². The van der Waals surface area contributed by atoms with E-state index in [0.29, 0.717) is 33.2 Å². The third-order valence-electron chi connectivity index (χ3n) is 4.38. The van der Waals surface area contributed by atoms with E-state index in [0.717, 1.165) is 10.3 Å². The van der Waals surface area contributed by atoms with Crippen LogP contribution >= 0.6 is 11.3 Å². The number of pyridine rings is 1. The molecule has 29 heavy (non-hydrogen) atoms. The number of amides is 1. The summed E-state index contributed by atoms with van der Waals surface area (Å²) in [6, 6.07) is 12.3. The van der Waals surface area contributed by atoms with Gasteiger partial charge in [-0.3, -0.25) is 10.1 Å². The number of hydrogen-bond donors (Lipinski definition) is 1. The van der Waals surface area contributed by atoms with E-state index in [9.17, 15) is 9.59 Å². The summed E-state index contributed by atoms with van der Waals surface area (Å²) in [6.45, 7) is 1.83. The number of carbonyl (C=O) groups excluding carboxylic acids is 1. The van der Waals surface area contributed by atoms with E-state index in [-0.39, 0.29) is 0 Å². The average Bonchev–Trinajstić information content (AvgIpc) is 3.33. The molecule has 0 radical (unpaired) electrons. The Morgan fingerprint density at radius 2 is 2.07 bits per heavy atom. The van der Waals surface area contributed by atoms with Gasteiger partial charge in [-0.1, -0.05) is 18.2 Å². The van der Waals surface area contributed by atoms with Gasteiger partial charge in [0.05, 0.1) is 16.8 Å². The van der Waals surface area contributed by atoms with Crippen molar-refractivity contribution < 1.29 is 9.21 Å². The fourth-order valence-electron chi connectivity index (χ4n) is 3.04. The maximum atomic E-state index is 12.7. The Bertz CT molecular complexity index is 1450. The summed E-state index contributed by atoms with van der Waals surface area (Å²) < 4.78 is 6.81. The van der Waals surface area contributed by atoms with Crippen LogP contribution in [0.2, 0.25) is 0 Å². The van der Waals surface area contributed by atoms with E-state index < -0.39 is 11.5 Å². The lowest BCUT2D eigenvalue weighted by molar-refractivity contribution is 0.102. The molecule has 0 fully saturated rings. The first-order valence-electron chi connectivity index (χ1n) is 8.59. The van der Waals surface area contributed by atoms with Crippen LogP contribution in [-0.4, -0.2) is 30.9 Å². The van der Waals surface area contributed by atoms with Crippen LogP contribution < -0.4 is 10.9 Å². The number of tetrazole rings is 1. The van der Waals surface area contributed by atoms with Crippen LogP contribution in [-0.2, 0) is 0 Å². The minimum atomic E-state index is -0.478. The SMILES string of the molecule is Cc1sc(NC(=O)c2cccn3nnnc23)nc1-c1cc2ccccc2oc1=O. The summed E-state index contributed by atoms with van der Waals surface area (Å²) in [5.74, 6) is -0.392. The number of nitrogens with zero attached hydrogens (tertiary/aromatic N) is 5. The van der Waals surface area contributed by atoms with Gasteiger partial charge in [0.15, 0.2) is 10.8 Å². The summed E-state index contributed by atoms with van der Waals surface area (Å²) in [6.07, 6.45) is 1.65. The van der Waals surface area contributed by atoms with Crippen molar-refractivity contribution in [3.05, 3.63) is 69.5 Å². The highest BCUT2D eigenvalue weighted by molar-refractivity contribution is 7.16. The van der Waals surface area contributed by atoms with Crippen molar-refractivity contribution in [3.8, 4) is 11.3 Å². The lowest BCUT2D eigenvalue weighted by atomic mass is 10.1. The quantitative estimate of drug-likeness (QED) is 0.460. The number of aryl methyl sites for hydroxylation is 1. The van der Waals surface area contributed by atoms with E-state index in [4.69, 9.17) is 4.42 Å². The molecule has 0 bridgehead atoms. The molecule has 1 aromatic carbocycles. The smallest absolute Gasteiger partial charge is 0.345 e. The summed E-state index contributed by atoms with van der Waals surface area (Å²) in [5.41, 5.74) is 1.52. The second-order valence-corrected chi connectivity index (χ2v) is 7.44. The van der Waals surface area contributed by atoms with Gasteiger partial charge < -0.3 is 4.42 Å². The topological polar surface area (TPSA) is 115 Å². The number of rotatable bonds is 3. The first kappa shape index (κ1) is 17.2. The van der Waals surface area contributed by atoms with Gasteiger partial charge in [0.2, 0.25) is 0 Å². The lowest BCUT2D eigenvalue weighted by Gasteiger charge is -2.02. The highest BCUT2D eigenvalue weighted by atomic mass is 32.1. The van der Waals surface area contributed by atoms with Crippen LogP contribution in [0.1, 0.15) is 15.2 Å². The largest absolute Gasteiger partial charge is 0.422 e. The fourth-order valence-corrected chi connectivity index (χ4v) is 3.86. The molecular weight excluding hydrogens is 392 g/mol. The van der Waals surface area contributed by atoms with E-state index in [2.05, 4.69) is 25.8 Å². The molecule has 0 aliphatic heterocycles. The number of hydrogen-bond acceptors (Lipinski definition) is 8. The molecule has 5 rings (SSSR count). The molecule has 0 atom stereocenters. The molecule has 10 heteroatoms.